The van der Waals surface area contributed by atoms with Gasteiger partial charge in [-0.3, -0.25) is 4.79 Å². The Labute approximate surface area is 126 Å². The highest BCUT2D eigenvalue weighted by atomic mass is 16.5. The minimum Gasteiger partial charge on any atom is -0.491 e. The van der Waals surface area contributed by atoms with Gasteiger partial charge in [0.25, 0.3) is 0 Å². The van der Waals surface area contributed by atoms with E-state index in [0.717, 1.165) is 34.3 Å². The molecular weight excluding hydrogens is 262 g/mol. The molecule has 0 aliphatic heterocycles. The van der Waals surface area contributed by atoms with Crippen molar-refractivity contribution < 1.29 is 9.53 Å². The molecule has 0 radical (unpaired) electrons. The van der Waals surface area contributed by atoms with Gasteiger partial charge >= 0.3 is 0 Å². The average molecular weight is 287 g/mol. The number of benzene rings is 1. The molecule has 0 fully saturated rings. The van der Waals surface area contributed by atoms with Gasteiger partial charge in [-0.2, -0.15) is 0 Å². The first-order valence-corrected chi connectivity index (χ1v) is 7.68. The Bertz CT molecular complexity index is 667. The van der Waals surface area contributed by atoms with Gasteiger partial charge in [0.15, 0.2) is 5.78 Å². The number of nitrogens with zero attached hydrogens (tertiary/aromatic N) is 1. The molecule has 0 aliphatic rings. The van der Waals surface area contributed by atoms with Crippen molar-refractivity contribution in [1.82, 2.24) is 4.57 Å². The van der Waals surface area contributed by atoms with Crippen molar-refractivity contribution in [2.45, 2.75) is 60.1 Å². The summed E-state index contributed by atoms with van der Waals surface area (Å²) in [7, 11) is 0. The summed E-state index contributed by atoms with van der Waals surface area (Å²) in [6.45, 7) is 12.1. The molecule has 0 amide bonds. The summed E-state index contributed by atoms with van der Waals surface area (Å²) in [5.41, 5.74) is 2.95. The van der Waals surface area contributed by atoms with Gasteiger partial charge in [-0.15, -0.1) is 0 Å². The van der Waals surface area contributed by atoms with Gasteiger partial charge in [-0.1, -0.05) is 6.92 Å². The molecule has 3 heteroatoms. The van der Waals surface area contributed by atoms with Crippen LogP contribution < -0.4 is 4.74 Å². The number of hydrogen-bond donors (Lipinski definition) is 0. The molecule has 0 bridgehead atoms. The molecular formula is C18H25NO2. The quantitative estimate of drug-likeness (QED) is 0.732. The van der Waals surface area contributed by atoms with E-state index < -0.39 is 0 Å². The van der Waals surface area contributed by atoms with E-state index in [1.54, 1.807) is 6.92 Å². The summed E-state index contributed by atoms with van der Waals surface area (Å²) >= 11 is 0. The van der Waals surface area contributed by atoms with Crippen molar-refractivity contribution >= 4 is 16.7 Å². The van der Waals surface area contributed by atoms with E-state index in [2.05, 4.69) is 38.3 Å². The van der Waals surface area contributed by atoms with Crippen LogP contribution in [0.2, 0.25) is 0 Å². The van der Waals surface area contributed by atoms with Crippen molar-refractivity contribution in [1.29, 1.82) is 0 Å². The van der Waals surface area contributed by atoms with Gasteiger partial charge in [-0.25, -0.2) is 0 Å². The van der Waals surface area contributed by atoms with Crippen LogP contribution in [-0.2, 0) is 0 Å². The fourth-order valence-electron chi connectivity index (χ4n) is 2.92. The van der Waals surface area contributed by atoms with E-state index in [4.69, 9.17) is 4.74 Å². The highest BCUT2D eigenvalue weighted by molar-refractivity contribution is 6.08. The first kappa shape index (κ1) is 15.6. The molecule has 3 nitrogen and oxygen atoms in total. The van der Waals surface area contributed by atoms with Crippen LogP contribution in [-0.4, -0.2) is 16.5 Å². The Morgan fingerprint density at radius 1 is 1.29 bits per heavy atom. The SMILES string of the molecule is CC[C@H](C)Oc1ccc2c(c1)c(C(C)=O)c(C)n2C(C)C. The van der Waals surface area contributed by atoms with Crippen LogP contribution in [0.3, 0.4) is 0 Å². The number of ether oxygens (including phenoxy) is 1. The van der Waals surface area contributed by atoms with Gasteiger partial charge in [0, 0.05) is 28.2 Å². The van der Waals surface area contributed by atoms with Crippen LogP contribution in [0.25, 0.3) is 10.9 Å². The van der Waals surface area contributed by atoms with Gasteiger partial charge < -0.3 is 9.30 Å². The monoisotopic (exact) mass is 287 g/mol. The van der Waals surface area contributed by atoms with E-state index in [-0.39, 0.29) is 11.9 Å². The Morgan fingerprint density at radius 3 is 2.48 bits per heavy atom. The number of ketones is 1. The lowest BCUT2D eigenvalue weighted by Gasteiger charge is -2.14. The summed E-state index contributed by atoms with van der Waals surface area (Å²) in [6.07, 6.45) is 1.14. The van der Waals surface area contributed by atoms with E-state index in [1.165, 1.54) is 0 Å². The minimum atomic E-state index is 0.109. The van der Waals surface area contributed by atoms with E-state index >= 15 is 0 Å². The Morgan fingerprint density at radius 2 is 1.95 bits per heavy atom. The summed E-state index contributed by atoms with van der Waals surface area (Å²) in [5, 5.41) is 0.995. The number of fused-ring (bicyclic) bond motifs is 1. The van der Waals surface area contributed by atoms with Gasteiger partial charge in [-0.05, 0) is 59.2 Å². The molecule has 2 rings (SSSR count). The molecule has 0 aliphatic carbocycles. The largest absolute Gasteiger partial charge is 0.491 e. The molecule has 1 atom stereocenters. The van der Waals surface area contributed by atoms with Gasteiger partial charge in [0.2, 0.25) is 0 Å². The average Bonchev–Trinajstić information content (AvgIpc) is 2.69. The normalized spacial score (nSPS) is 12.9. The highest BCUT2D eigenvalue weighted by Gasteiger charge is 2.19. The fourth-order valence-corrected chi connectivity index (χ4v) is 2.92. The highest BCUT2D eigenvalue weighted by Crippen LogP contribution is 2.32. The first-order chi connectivity index (χ1) is 9.86. The summed E-state index contributed by atoms with van der Waals surface area (Å²) < 4.78 is 8.12. The third-order valence-electron chi connectivity index (χ3n) is 4.00. The molecule has 114 valence electrons. The second-order valence-corrected chi connectivity index (χ2v) is 6.00. The predicted molar refractivity (Wildman–Crippen MR) is 87.4 cm³/mol. The third-order valence-corrected chi connectivity index (χ3v) is 4.00. The molecule has 0 spiro atoms. The lowest BCUT2D eigenvalue weighted by molar-refractivity contribution is 0.101. The maximum atomic E-state index is 12.1. The second-order valence-electron chi connectivity index (χ2n) is 6.00. The molecule has 1 aromatic heterocycles. The van der Waals surface area contributed by atoms with Crippen LogP contribution in [0.15, 0.2) is 18.2 Å². The summed E-state index contributed by atoms with van der Waals surface area (Å²) in [5.74, 6) is 0.942. The molecule has 1 heterocycles. The van der Waals surface area contributed by atoms with Gasteiger partial charge in [0.1, 0.15) is 5.75 Å². The zero-order valence-electron chi connectivity index (χ0n) is 13.9. The maximum Gasteiger partial charge on any atom is 0.162 e. The van der Waals surface area contributed by atoms with Crippen LogP contribution in [0.1, 0.15) is 63.1 Å². The van der Waals surface area contributed by atoms with Crippen molar-refractivity contribution in [3.8, 4) is 5.75 Å². The zero-order chi connectivity index (χ0) is 15.7. The maximum absolute atomic E-state index is 12.1. The molecule has 0 saturated heterocycles. The van der Waals surface area contributed by atoms with Crippen molar-refractivity contribution in [3.63, 3.8) is 0 Å². The van der Waals surface area contributed by atoms with Crippen LogP contribution in [0.5, 0.6) is 5.75 Å². The number of Topliss-reactive ketones (excluding diaryl/α,β-unsaturated/α-hetero) is 1. The molecule has 0 saturated carbocycles. The number of aromatic nitrogens is 1. The van der Waals surface area contributed by atoms with Crippen molar-refractivity contribution in [2.75, 3.05) is 0 Å². The first-order valence-electron chi connectivity index (χ1n) is 7.68. The molecule has 21 heavy (non-hydrogen) atoms. The predicted octanol–water partition coefficient (Wildman–Crippen LogP) is 4.91. The van der Waals surface area contributed by atoms with E-state index in [1.807, 2.05) is 19.1 Å². The third kappa shape index (κ3) is 2.82. The second kappa shape index (κ2) is 5.92. The van der Waals surface area contributed by atoms with E-state index in [9.17, 15) is 4.79 Å². The zero-order valence-corrected chi connectivity index (χ0v) is 13.9. The lowest BCUT2D eigenvalue weighted by Crippen LogP contribution is -2.09. The summed E-state index contributed by atoms with van der Waals surface area (Å²) in [6, 6.07) is 6.38. The topological polar surface area (TPSA) is 31.2 Å². The Kier molecular flexibility index (Phi) is 4.40. The summed E-state index contributed by atoms with van der Waals surface area (Å²) in [4.78, 5) is 12.1. The van der Waals surface area contributed by atoms with Crippen LogP contribution >= 0.6 is 0 Å². The number of hydrogen-bond acceptors (Lipinski definition) is 2. The van der Waals surface area contributed by atoms with E-state index in [0.29, 0.717) is 6.04 Å². The lowest BCUT2D eigenvalue weighted by atomic mass is 10.1. The Hall–Kier alpha value is -1.77. The van der Waals surface area contributed by atoms with Crippen molar-refractivity contribution in [2.24, 2.45) is 0 Å². The van der Waals surface area contributed by atoms with Crippen LogP contribution in [0, 0.1) is 6.92 Å². The molecule has 1 aromatic carbocycles. The Balaban J connectivity index is 2.65. The van der Waals surface area contributed by atoms with Crippen molar-refractivity contribution in [3.05, 3.63) is 29.5 Å². The molecule has 2 aromatic rings. The number of carbonyl (C=O) groups is 1. The molecule has 0 unspecified atom stereocenters. The van der Waals surface area contributed by atoms with Gasteiger partial charge in [0.05, 0.1) is 6.10 Å². The minimum absolute atomic E-state index is 0.109. The standard InChI is InChI=1S/C18H25NO2/c1-7-12(4)21-15-8-9-17-16(10-15)18(14(6)20)13(5)19(17)11(2)3/h8-12H,7H2,1-6H3/t12-/m0/s1. The fraction of sp³-hybridized carbons (Fsp3) is 0.500. The number of rotatable bonds is 5. The smallest absolute Gasteiger partial charge is 0.162 e. The van der Waals surface area contributed by atoms with Crippen LogP contribution in [0.4, 0.5) is 0 Å². The number of carbonyl (C=O) groups excluding carboxylic acids is 1. The molecule has 0 N–H and O–H groups in total.